The first-order chi connectivity index (χ1) is 17.3. The number of imidazole rings is 1. The SMILES string of the molecule is CCOC(=O)c1cn2c(N3C[C@H](C(=O)N4CCc5cc(Cl)cc(Cl)c5[C@@H]4C)OC[C@@H]3C)cncc2n1. The summed E-state index contributed by atoms with van der Waals surface area (Å²) in [7, 11) is 0. The number of ether oxygens (including phenoxy) is 2. The number of nitrogens with zero attached hydrogens (tertiary/aromatic N) is 5. The average molecular weight is 532 g/mol. The molecule has 0 radical (unpaired) electrons. The van der Waals surface area contributed by atoms with E-state index in [0.717, 1.165) is 16.9 Å². The highest BCUT2D eigenvalue weighted by Gasteiger charge is 2.38. The lowest BCUT2D eigenvalue weighted by Gasteiger charge is -2.42. The number of benzene rings is 1. The minimum Gasteiger partial charge on any atom is -0.461 e. The molecule has 1 saturated heterocycles. The fourth-order valence-corrected chi connectivity index (χ4v) is 5.73. The van der Waals surface area contributed by atoms with Gasteiger partial charge in [0.15, 0.2) is 17.4 Å². The van der Waals surface area contributed by atoms with Gasteiger partial charge in [0.2, 0.25) is 0 Å². The van der Waals surface area contributed by atoms with Crippen molar-refractivity contribution in [2.24, 2.45) is 0 Å². The summed E-state index contributed by atoms with van der Waals surface area (Å²) in [4.78, 5) is 38.5. The van der Waals surface area contributed by atoms with Gasteiger partial charge >= 0.3 is 5.97 Å². The lowest BCUT2D eigenvalue weighted by molar-refractivity contribution is -0.148. The van der Waals surface area contributed by atoms with E-state index in [1.807, 2.05) is 24.8 Å². The number of esters is 1. The van der Waals surface area contributed by atoms with E-state index >= 15 is 0 Å². The van der Waals surface area contributed by atoms with Crippen molar-refractivity contribution in [3.8, 4) is 0 Å². The number of carbonyl (C=O) groups excluding carboxylic acids is 2. The quantitative estimate of drug-likeness (QED) is 0.470. The van der Waals surface area contributed by atoms with Gasteiger partial charge in [0.1, 0.15) is 5.82 Å². The largest absolute Gasteiger partial charge is 0.461 e. The summed E-state index contributed by atoms with van der Waals surface area (Å²) in [5.74, 6) is 0.141. The molecule has 3 atom stereocenters. The summed E-state index contributed by atoms with van der Waals surface area (Å²) >= 11 is 12.7. The second kappa shape index (κ2) is 9.88. The van der Waals surface area contributed by atoms with E-state index in [9.17, 15) is 9.59 Å². The number of aromatic nitrogens is 3. The summed E-state index contributed by atoms with van der Waals surface area (Å²) in [5, 5.41) is 1.16. The summed E-state index contributed by atoms with van der Waals surface area (Å²) < 4.78 is 12.9. The molecular formula is C25H27Cl2N5O4. The van der Waals surface area contributed by atoms with E-state index in [-0.39, 0.29) is 30.3 Å². The van der Waals surface area contributed by atoms with Crippen LogP contribution in [0.5, 0.6) is 0 Å². The highest BCUT2D eigenvalue weighted by molar-refractivity contribution is 6.35. The van der Waals surface area contributed by atoms with Gasteiger partial charge in [-0.2, -0.15) is 0 Å². The number of morpholine rings is 1. The zero-order valence-corrected chi connectivity index (χ0v) is 21.8. The molecule has 0 saturated carbocycles. The van der Waals surface area contributed by atoms with Crippen molar-refractivity contribution >= 4 is 46.5 Å². The zero-order valence-electron chi connectivity index (χ0n) is 20.3. The molecule has 36 heavy (non-hydrogen) atoms. The second-order valence-electron chi connectivity index (χ2n) is 9.08. The van der Waals surface area contributed by atoms with Gasteiger partial charge < -0.3 is 19.3 Å². The van der Waals surface area contributed by atoms with Crippen LogP contribution >= 0.6 is 23.2 Å². The number of hydrogen-bond acceptors (Lipinski definition) is 7. The molecule has 2 aliphatic rings. The van der Waals surface area contributed by atoms with Crippen LogP contribution in [0.4, 0.5) is 5.82 Å². The van der Waals surface area contributed by atoms with Crippen LogP contribution in [0.3, 0.4) is 0 Å². The van der Waals surface area contributed by atoms with E-state index < -0.39 is 12.1 Å². The number of anilines is 1. The molecule has 5 rings (SSSR count). The Balaban J connectivity index is 1.40. The molecule has 2 aliphatic heterocycles. The highest BCUT2D eigenvalue weighted by Crippen LogP contribution is 2.37. The molecule has 4 heterocycles. The Hall–Kier alpha value is -2.88. The minimum atomic E-state index is -0.667. The standard InChI is InChI=1S/C25H27Cl2N5O4/c1-4-35-25(34)19-11-32-21(29-19)9-28-10-22(32)31-12-20(36-13-14(31)2)24(33)30-6-5-16-7-17(26)8-18(27)23(16)15(30)3/h7-11,14-15,20H,4-6,12-13H2,1-3H3/t14-,15-,20+/m0/s1. The fraction of sp³-hybridized carbons (Fsp3) is 0.440. The van der Waals surface area contributed by atoms with Gasteiger partial charge in [0.25, 0.3) is 5.91 Å². The first-order valence-corrected chi connectivity index (χ1v) is 12.7. The van der Waals surface area contributed by atoms with Crippen LogP contribution < -0.4 is 4.90 Å². The van der Waals surface area contributed by atoms with Crippen LogP contribution in [-0.2, 0) is 20.7 Å². The number of halogens is 2. The van der Waals surface area contributed by atoms with Crippen LogP contribution in [0, 0.1) is 0 Å². The first kappa shape index (κ1) is 24.8. The van der Waals surface area contributed by atoms with Gasteiger partial charge in [-0.1, -0.05) is 23.2 Å². The lowest BCUT2D eigenvalue weighted by Crippen LogP contribution is -2.56. The molecule has 0 unspecified atom stereocenters. The summed E-state index contributed by atoms with van der Waals surface area (Å²) in [6.07, 6.45) is 4.94. The lowest BCUT2D eigenvalue weighted by atomic mass is 9.93. The van der Waals surface area contributed by atoms with Gasteiger partial charge in [-0.3, -0.25) is 14.2 Å². The summed E-state index contributed by atoms with van der Waals surface area (Å²) in [5.41, 5.74) is 2.73. The molecule has 3 aromatic rings. The Morgan fingerprint density at radius 1 is 1.22 bits per heavy atom. The number of amides is 1. The molecule has 0 aliphatic carbocycles. The van der Waals surface area contributed by atoms with Crippen LogP contribution in [0.15, 0.2) is 30.7 Å². The first-order valence-electron chi connectivity index (χ1n) is 11.9. The Morgan fingerprint density at radius 3 is 2.81 bits per heavy atom. The van der Waals surface area contributed by atoms with Crippen molar-refractivity contribution < 1.29 is 19.1 Å². The van der Waals surface area contributed by atoms with Crippen LogP contribution in [0.1, 0.15) is 48.4 Å². The van der Waals surface area contributed by atoms with Gasteiger partial charge in [0, 0.05) is 22.8 Å². The third kappa shape index (κ3) is 4.40. The minimum absolute atomic E-state index is 0.0222. The van der Waals surface area contributed by atoms with Crippen LogP contribution in [-0.4, -0.2) is 69.6 Å². The van der Waals surface area contributed by atoms with Crippen molar-refractivity contribution in [3.05, 3.63) is 57.6 Å². The Bertz CT molecular complexity index is 1330. The molecule has 1 fully saturated rings. The number of carbonyl (C=O) groups is 2. The molecule has 0 spiro atoms. The third-order valence-electron chi connectivity index (χ3n) is 6.82. The Morgan fingerprint density at radius 2 is 2.03 bits per heavy atom. The molecule has 1 aromatic carbocycles. The zero-order chi connectivity index (χ0) is 25.6. The molecule has 1 amide bonds. The smallest absolute Gasteiger partial charge is 0.358 e. The van der Waals surface area contributed by atoms with Crippen LogP contribution in [0.2, 0.25) is 10.0 Å². The van der Waals surface area contributed by atoms with Crippen molar-refractivity contribution in [1.82, 2.24) is 19.3 Å². The number of fused-ring (bicyclic) bond motifs is 2. The predicted octanol–water partition coefficient (Wildman–Crippen LogP) is 3.95. The number of rotatable bonds is 4. The molecule has 9 nitrogen and oxygen atoms in total. The van der Waals surface area contributed by atoms with E-state index in [4.69, 9.17) is 32.7 Å². The molecule has 0 bridgehead atoms. The topological polar surface area (TPSA) is 89.3 Å². The van der Waals surface area contributed by atoms with Crippen molar-refractivity contribution in [1.29, 1.82) is 0 Å². The third-order valence-corrected chi connectivity index (χ3v) is 7.35. The maximum absolute atomic E-state index is 13.7. The van der Waals surface area contributed by atoms with E-state index in [1.165, 1.54) is 0 Å². The number of hydrogen-bond donors (Lipinski definition) is 0. The van der Waals surface area contributed by atoms with Gasteiger partial charge in [-0.15, -0.1) is 0 Å². The van der Waals surface area contributed by atoms with Gasteiger partial charge in [0.05, 0.1) is 44.2 Å². The van der Waals surface area contributed by atoms with Gasteiger partial charge in [-0.05, 0) is 50.5 Å². The highest BCUT2D eigenvalue weighted by atomic mass is 35.5. The second-order valence-corrected chi connectivity index (χ2v) is 9.93. The average Bonchev–Trinajstić information content (AvgIpc) is 3.29. The van der Waals surface area contributed by atoms with E-state index in [0.29, 0.717) is 41.8 Å². The van der Waals surface area contributed by atoms with Crippen molar-refractivity contribution in [3.63, 3.8) is 0 Å². The van der Waals surface area contributed by atoms with Crippen molar-refractivity contribution in [2.75, 3.05) is 31.2 Å². The molecule has 0 N–H and O–H groups in total. The fourth-order valence-electron chi connectivity index (χ4n) is 5.03. The van der Waals surface area contributed by atoms with Crippen molar-refractivity contribution in [2.45, 2.75) is 45.4 Å². The summed E-state index contributed by atoms with van der Waals surface area (Å²) in [6.45, 7) is 7.26. The maximum Gasteiger partial charge on any atom is 0.358 e. The predicted molar refractivity (Wildman–Crippen MR) is 136 cm³/mol. The molecule has 2 aromatic heterocycles. The Kier molecular flexibility index (Phi) is 6.80. The molecular weight excluding hydrogens is 505 g/mol. The van der Waals surface area contributed by atoms with E-state index in [1.54, 1.807) is 36.0 Å². The van der Waals surface area contributed by atoms with Gasteiger partial charge in [-0.25, -0.2) is 9.78 Å². The van der Waals surface area contributed by atoms with E-state index in [2.05, 4.69) is 14.9 Å². The molecule has 11 heteroatoms. The molecule has 190 valence electrons. The summed E-state index contributed by atoms with van der Waals surface area (Å²) in [6, 6.07) is 3.42. The van der Waals surface area contributed by atoms with Crippen LogP contribution in [0.25, 0.3) is 5.65 Å². The maximum atomic E-state index is 13.7. The Labute approximate surface area is 218 Å². The monoisotopic (exact) mass is 531 g/mol. The normalized spacial score (nSPS) is 22.0.